The Morgan fingerprint density at radius 2 is 1.85 bits per heavy atom. The second-order valence-corrected chi connectivity index (χ2v) is 7.62. The van der Waals surface area contributed by atoms with Crippen molar-refractivity contribution in [2.24, 2.45) is 0 Å². The molecule has 0 aliphatic heterocycles. The van der Waals surface area contributed by atoms with E-state index in [0.29, 0.717) is 5.69 Å². The lowest BCUT2D eigenvalue weighted by Crippen LogP contribution is -2.38. The van der Waals surface area contributed by atoms with Crippen LogP contribution in [0.15, 0.2) is 28.7 Å². The summed E-state index contributed by atoms with van der Waals surface area (Å²) in [6.45, 7) is 3.75. The smallest absolute Gasteiger partial charge is 0.225 e. The Kier molecular flexibility index (Phi) is 6.16. The quantitative estimate of drug-likeness (QED) is 0.844. The molecule has 0 saturated carbocycles. The summed E-state index contributed by atoms with van der Waals surface area (Å²) in [6.07, 6.45) is 1.28. The van der Waals surface area contributed by atoms with Gasteiger partial charge in [0.1, 0.15) is 0 Å². The highest BCUT2D eigenvalue weighted by Gasteiger charge is 2.20. The van der Waals surface area contributed by atoms with Gasteiger partial charge in [-0.3, -0.25) is 4.79 Å². The van der Waals surface area contributed by atoms with E-state index in [4.69, 9.17) is 0 Å². The van der Waals surface area contributed by atoms with E-state index in [1.54, 1.807) is 26.0 Å². The molecule has 1 N–H and O–H groups in total. The summed E-state index contributed by atoms with van der Waals surface area (Å²) in [6, 6.07) is 7.04. The Bertz CT molecular complexity index is 555. The second kappa shape index (κ2) is 7.19. The van der Waals surface area contributed by atoms with E-state index in [0.717, 1.165) is 10.7 Å². The molecule has 20 heavy (non-hydrogen) atoms. The zero-order chi connectivity index (χ0) is 15.3. The third kappa shape index (κ3) is 5.60. The SMILES string of the molecule is CC(C)N(CCC(=O)Nc1ccc(Br)cc1)S(C)(=O)=O. The number of amides is 1. The number of sulfonamides is 1. The van der Waals surface area contributed by atoms with E-state index in [2.05, 4.69) is 21.2 Å². The highest BCUT2D eigenvalue weighted by atomic mass is 79.9. The first-order valence-corrected chi connectivity index (χ1v) is 8.86. The number of nitrogens with zero attached hydrogens (tertiary/aromatic N) is 1. The molecule has 0 spiro atoms. The third-order valence-corrected chi connectivity index (χ3v) is 4.67. The summed E-state index contributed by atoms with van der Waals surface area (Å²) in [5.74, 6) is -0.207. The van der Waals surface area contributed by atoms with Crippen LogP contribution >= 0.6 is 15.9 Å². The fourth-order valence-corrected chi connectivity index (χ4v) is 3.23. The summed E-state index contributed by atoms with van der Waals surface area (Å²) in [5.41, 5.74) is 0.689. The molecule has 0 aromatic heterocycles. The number of carbonyl (C=O) groups excluding carboxylic acids is 1. The van der Waals surface area contributed by atoms with Gasteiger partial charge in [0, 0.05) is 29.2 Å². The molecule has 1 aromatic rings. The number of halogens is 1. The minimum Gasteiger partial charge on any atom is -0.326 e. The van der Waals surface area contributed by atoms with Crippen LogP contribution in [0.25, 0.3) is 0 Å². The molecule has 5 nitrogen and oxygen atoms in total. The fraction of sp³-hybridized carbons (Fsp3) is 0.462. The number of anilines is 1. The molecule has 0 unspecified atom stereocenters. The van der Waals surface area contributed by atoms with Crippen molar-refractivity contribution in [2.75, 3.05) is 18.1 Å². The predicted molar refractivity (Wildman–Crippen MR) is 84.1 cm³/mol. The largest absolute Gasteiger partial charge is 0.326 e. The maximum absolute atomic E-state index is 11.8. The van der Waals surface area contributed by atoms with Crippen LogP contribution in [0.4, 0.5) is 5.69 Å². The Labute approximate surface area is 128 Å². The average Bonchev–Trinajstić information content (AvgIpc) is 2.30. The summed E-state index contributed by atoms with van der Waals surface area (Å²) in [4.78, 5) is 11.8. The third-order valence-electron chi connectivity index (χ3n) is 2.69. The number of rotatable bonds is 6. The van der Waals surface area contributed by atoms with E-state index < -0.39 is 10.0 Å². The molecule has 1 rings (SSSR count). The number of carbonyl (C=O) groups is 1. The van der Waals surface area contributed by atoms with Crippen molar-refractivity contribution in [2.45, 2.75) is 26.3 Å². The van der Waals surface area contributed by atoms with Crippen molar-refractivity contribution >= 4 is 37.5 Å². The molecular weight excluding hydrogens is 344 g/mol. The van der Waals surface area contributed by atoms with E-state index in [-0.39, 0.29) is 24.9 Å². The van der Waals surface area contributed by atoms with Crippen molar-refractivity contribution < 1.29 is 13.2 Å². The molecule has 1 aromatic carbocycles. The fourth-order valence-electron chi connectivity index (χ4n) is 1.78. The van der Waals surface area contributed by atoms with Crippen LogP contribution in [-0.2, 0) is 14.8 Å². The Hall–Kier alpha value is -0.920. The molecule has 7 heteroatoms. The van der Waals surface area contributed by atoms with Crippen LogP contribution in [0, 0.1) is 0 Å². The Morgan fingerprint density at radius 3 is 2.30 bits per heavy atom. The highest BCUT2D eigenvalue weighted by molar-refractivity contribution is 9.10. The van der Waals surface area contributed by atoms with Crippen LogP contribution in [0.3, 0.4) is 0 Å². The molecule has 0 fully saturated rings. The van der Waals surface area contributed by atoms with Crippen molar-refractivity contribution in [3.05, 3.63) is 28.7 Å². The first kappa shape index (κ1) is 17.1. The molecule has 0 atom stereocenters. The molecule has 1 amide bonds. The standard InChI is InChI=1S/C13H19BrN2O3S/c1-10(2)16(20(3,18)19)9-8-13(17)15-12-6-4-11(14)5-7-12/h4-7,10H,8-9H2,1-3H3,(H,15,17). The van der Waals surface area contributed by atoms with E-state index in [1.807, 2.05) is 12.1 Å². The molecule has 0 saturated heterocycles. The maximum Gasteiger partial charge on any atom is 0.225 e. The molecule has 112 valence electrons. The molecule has 0 aliphatic rings. The minimum atomic E-state index is -3.29. The van der Waals surface area contributed by atoms with Gasteiger partial charge in [-0.1, -0.05) is 15.9 Å². The highest BCUT2D eigenvalue weighted by Crippen LogP contribution is 2.14. The lowest BCUT2D eigenvalue weighted by molar-refractivity contribution is -0.116. The van der Waals surface area contributed by atoms with Gasteiger partial charge in [-0.2, -0.15) is 4.31 Å². The normalized spacial score (nSPS) is 11.9. The number of hydrogen-bond donors (Lipinski definition) is 1. The zero-order valence-corrected chi connectivity index (χ0v) is 14.2. The van der Waals surface area contributed by atoms with Gasteiger partial charge in [0.2, 0.25) is 15.9 Å². The monoisotopic (exact) mass is 362 g/mol. The summed E-state index contributed by atoms with van der Waals surface area (Å²) in [5, 5.41) is 2.73. The Morgan fingerprint density at radius 1 is 1.30 bits per heavy atom. The second-order valence-electron chi connectivity index (χ2n) is 4.77. The molecule has 0 heterocycles. The van der Waals surface area contributed by atoms with E-state index in [9.17, 15) is 13.2 Å². The van der Waals surface area contributed by atoms with Gasteiger partial charge in [-0.05, 0) is 38.1 Å². The summed E-state index contributed by atoms with van der Waals surface area (Å²) in [7, 11) is -3.29. The number of nitrogens with one attached hydrogen (secondary N) is 1. The summed E-state index contributed by atoms with van der Waals surface area (Å²) >= 11 is 3.31. The lowest BCUT2D eigenvalue weighted by Gasteiger charge is -2.23. The van der Waals surface area contributed by atoms with E-state index in [1.165, 1.54) is 4.31 Å². The van der Waals surface area contributed by atoms with Crippen LogP contribution in [0.2, 0.25) is 0 Å². The number of hydrogen-bond acceptors (Lipinski definition) is 3. The van der Waals surface area contributed by atoms with Crippen LogP contribution in [-0.4, -0.2) is 37.5 Å². The van der Waals surface area contributed by atoms with Gasteiger partial charge < -0.3 is 5.32 Å². The van der Waals surface area contributed by atoms with Crippen LogP contribution in [0.5, 0.6) is 0 Å². The molecule has 0 radical (unpaired) electrons. The topological polar surface area (TPSA) is 66.5 Å². The minimum absolute atomic E-state index is 0.126. The van der Waals surface area contributed by atoms with Gasteiger partial charge in [-0.15, -0.1) is 0 Å². The van der Waals surface area contributed by atoms with Crippen molar-refractivity contribution in [1.82, 2.24) is 4.31 Å². The molecule has 0 aliphatic carbocycles. The Balaban J connectivity index is 2.56. The average molecular weight is 363 g/mol. The lowest BCUT2D eigenvalue weighted by atomic mass is 10.3. The van der Waals surface area contributed by atoms with Gasteiger partial charge in [0.25, 0.3) is 0 Å². The van der Waals surface area contributed by atoms with Gasteiger partial charge in [-0.25, -0.2) is 8.42 Å². The van der Waals surface area contributed by atoms with Crippen molar-refractivity contribution in [3.8, 4) is 0 Å². The summed E-state index contributed by atoms with van der Waals surface area (Å²) < 4.78 is 25.4. The van der Waals surface area contributed by atoms with Crippen molar-refractivity contribution in [1.29, 1.82) is 0 Å². The van der Waals surface area contributed by atoms with E-state index >= 15 is 0 Å². The van der Waals surface area contributed by atoms with Gasteiger partial charge in [0.15, 0.2) is 0 Å². The first-order chi connectivity index (χ1) is 9.20. The van der Waals surface area contributed by atoms with Gasteiger partial charge >= 0.3 is 0 Å². The maximum atomic E-state index is 11.8. The van der Waals surface area contributed by atoms with Gasteiger partial charge in [0.05, 0.1) is 6.26 Å². The van der Waals surface area contributed by atoms with Crippen LogP contribution in [0.1, 0.15) is 20.3 Å². The van der Waals surface area contributed by atoms with Crippen LogP contribution < -0.4 is 5.32 Å². The predicted octanol–water partition coefficient (Wildman–Crippen LogP) is 2.45. The molecule has 0 bridgehead atoms. The first-order valence-electron chi connectivity index (χ1n) is 6.22. The number of benzene rings is 1. The van der Waals surface area contributed by atoms with Crippen molar-refractivity contribution in [3.63, 3.8) is 0 Å². The molecular formula is C13H19BrN2O3S. The zero-order valence-electron chi connectivity index (χ0n) is 11.8.